The maximum absolute atomic E-state index is 12.1. The molecule has 20 heavy (non-hydrogen) atoms. The number of hydrogen-bond acceptors (Lipinski definition) is 3. The summed E-state index contributed by atoms with van der Waals surface area (Å²) in [7, 11) is 0. The summed E-state index contributed by atoms with van der Waals surface area (Å²) < 4.78 is 0. The first kappa shape index (κ1) is 14.8. The van der Waals surface area contributed by atoms with Crippen LogP contribution in [0.2, 0.25) is 0 Å². The number of benzene rings is 1. The molecule has 0 spiro atoms. The molecule has 0 aliphatic carbocycles. The first-order chi connectivity index (χ1) is 9.58. The van der Waals surface area contributed by atoms with Crippen LogP contribution in [0.5, 0.6) is 0 Å². The Morgan fingerprint density at radius 3 is 2.70 bits per heavy atom. The summed E-state index contributed by atoms with van der Waals surface area (Å²) in [4.78, 5) is 14.3. The van der Waals surface area contributed by atoms with Crippen LogP contribution >= 0.6 is 0 Å². The topological polar surface area (TPSA) is 58.4 Å². The molecule has 1 aromatic carbocycles. The fraction of sp³-hybridized carbons (Fsp3) is 0.438. The number of rotatable bonds is 4. The van der Waals surface area contributed by atoms with E-state index >= 15 is 0 Å². The molecule has 1 amide bonds. The van der Waals surface area contributed by atoms with Crippen molar-refractivity contribution in [1.29, 1.82) is 0 Å². The molecule has 1 aliphatic rings. The molecule has 0 fully saturated rings. The average molecular weight is 273 g/mol. The van der Waals surface area contributed by atoms with E-state index in [0.29, 0.717) is 13.1 Å². The number of aryl methyl sites for hydroxylation is 2. The SMILES string of the molecule is Cc1cc(C)cc(NC(=O)CN2CCC=CC2CN)c1. The van der Waals surface area contributed by atoms with Crippen molar-refractivity contribution in [2.75, 3.05) is 25.0 Å². The van der Waals surface area contributed by atoms with Gasteiger partial charge in [0, 0.05) is 24.8 Å². The third kappa shape index (κ3) is 3.92. The van der Waals surface area contributed by atoms with Gasteiger partial charge in [-0.2, -0.15) is 0 Å². The Labute approximate surface area is 120 Å². The molecule has 0 radical (unpaired) electrons. The van der Waals surface area contributed by atoms with Gasteiger partial charge in [0.15, 0.2) is 0 Å². The molecule has 4 heteroatoms. The Balaban J connectivity index is 1.96. The molecule has 1 heterocycles. The highest BCUT2D eigenvalue weighted by Gasteiger charge is 2.19. The molecule has 1 aliphatic heterocycles. The van der Waals surface area contributed by atoms with Gasteiger partial charge < -0.3 is 11.1 Å². The highest BCUT2D eigenvalue weighted by atomic mass is 16.2. The van der Waals surface area contributed by atoms with Gasteiger partial charge in [0.1, 0.15) is 0 Å². The number of nitrogens with one attached hydrogen (secondary N) is 1. The van der Waals surface area contributed by atoms with Crippen LogP contribution in [0.4, 0.5) is 5.69 Å². The number of hydrogen-bond donors (Lipinski definition) is 2. The minimum absolute atomic E-state index is 0.0174. The van der Waals surface area contributed by atoms with Gasteiger partial charge in [0.2, 0.25) is 5.91 Å². The Hall–Kier alpha value is -1.65. The average Bonchev–Trinajstić information content (AvgIpc) is 2.37. The van der Waals surface area contributed by atoms with Gasteiger partial charge in [0.05, 0.1) is 6.54 Å². The van der Waals surface area contributed by atoms with Crippen LogP contribution < -0.4 is 11.1 Å². The van der Waals surface area contributed by atoms with Crippen LogP contribution in [0.1, 0.15) is 17.5 Å². The third-order valence-electron chi connectivity index (χ3n) is 3.50. The summed E-state index contributed by atoms with van der Waals surface area (Å²) >= 11 is 0. The van der Waals surface area contributed by atoms with Crippen molar-refractivity contribution in [2.24, 2.45) is 5.73 Å². The zero-order valence-corrected chi connectivity index (χ0v) is 12.2. The normalized spacial score (nSPS) is 19.1. The van der Waals surface area contributed by atoms with Crippen molar-refractivity contribution >= 4 is 11.6 Å². The van der Waals surface area contributed by atoms with E-state index in [9.17, 15) is 4.79 Å². The number of amides is 1. The summed E-state index contributed by atoms with van der Waals surface area (Å²) in [6, 6.07) is 6.24. The minimum atomic E-state index is 0.0174. The number of anilines is 1. The standard InChI is InChI=1S/C16H23N3O/c1-12-7-13(2)9-14(8-12)18-16(20)11-19-6-4-3-5-15(19)10-17/h3,5,7-9,15H,4,6,10-11,17H2,1-2H3,(H,18,20). The van der Waals surface area contributed by atoms with Gasteiger partial charge in [-0.05, 0) is 43.5 Å². The number of carbonyl (C=O) groups excluding carboxylic acids is 1. The van der Waals surface area contributed by atoms with E-state index in [1.807, 2.05) is 26.0 Å². The molecule has 4 nitrogen and oxygen atoms in total. The van der Waals surface area contributed by atoms with Crippen LogP contribution in [-0.2, 0) is 4.79 Å². The monoisotopic (exact) mass is 273 g/mol. The Morgan fingerprint density at radius 1 is 1.35 bits per heavy atom. The van der Waals surface area contributed by atoms with Crippen molar-refractivity contribution in [2.45, 2.75) is 26.3 Å². The fourth-order valence-corrected chi connectivity index (χ4v) is 2.64. The van der Waals surface area contributed by atoms with Crippen LogP contribution in [-0.4, -0.2) is 36.5 Å². The van der Waals surface area contributed by atoms with Crippen LogP contribution in [0.15, 0.2) is 30.4 Å². The summed E-state index contributed by atoms with van der Waals surface area (Å²) in [5.74, 6) is 0.0174. The van der Waals surface area contributed by atoms with Crippen molar-refractivity contribution in [3.05, 3.63) is 41.5 Å². The quantitative estimate of drug-likeness (QED) is 0.823. The summed E-state index contributed by atoms with van der Waals surface area (Å²) in [6.07, 6.45) is 5.21. The fourth-order valence-electron chi connectivity index (χ4n) is 2.64. The van der Waals surface area contributed by atoms with Crippen molar-refractivity contribution in [1.82, 2.24) is 4.90 Å². The molecule has 0 saturated carbocycles. The first-order valence-electron chi connectivity index (χ1n) is 7.07. The van der Waals surface area contributed by atoms with Gasteiger partial charge in [-0.25, -0.2) is 0 Å². The van der Waals surface area contributed by atoms with E-state index in [1.165, 1.54) is 0 Å². The molecule has 108 valence electrons. The zero-order valence-electron chi connectivity index (χ0n) is 12.2. The lowest BCUT2D eigenvalue weighted by Crippen LogP contribution is -2.45. The summed E-state index contributed by atoms with van der Waals surface area (Å²) in [5, 5.41) is 2.97. The smallest absolute Gasteiger partial charge is 0.238 e. The van der Waals surface area contributed by atoms with E-state index < -0.39 is 0 Å². The molecule has 2 rings (SSSR count). The van der Waals surface area contributed by atoms with Crippen molar-refractivity contribution in [3.8, 4) is 0 Å². The lowest BCUT2D eigenvalue weighted by molar-refractivity contribution is -0.117. The second kappa shape index (κ2) is 6.68. The third-order valence-corrected chi connectivity index (χ3v) is 3.50. The maximum Gasteiger partial charge on any atom is 0.238 e. The van der Waals surface area contributed by atoms with Gasteiger partial charge in [0.25, 0.3) is 0 Å². The van der Waals surface area contributed by atoms with E-state index in [0.717, 1.165) is 29.8 Å². The van der Waals surface area contributed by atoms with Gasteiger partial charge >= 0.3 is 0 Å². The highest BCUT2D eigenvalue weighted by molar-refractivity contribution is 5.92. The Morgan fingerprint density at radius 2 is 2.05 bits per heavy atom. The van der Waals surface area contributed by atoms with Crippen LogP contribution in [0.25, 0.3) is 0 Å². The summed E-state index contributed by atoms with van der Waals surface area (Å²) in [6.45, 7) is 5.89. The van der Waals surface area contributed by atoms with Crippen LogP contribution in [0, 0.1) is 13.8 Å². The number of nitrogens with two attached hydrogens (primary N) is 1. The van der Waals surface area contributed by atoms with Gasteiger partial charge in [-0.15, -0.1) is 0 Å². The van der Waals surface area contributed by atoms with Crippen molar-refractivity contribution in [3.63, 3.8) is 0 Å². The lowest BCUT2D eigenvalue weighted by Gasteiger charge is -2.30. The minimum Gasteiger partial charge on any atom is -0.329 e. The molecule has 3 N–H and O–H groups in total. The number of nitrogens with zero attached hydrogens (tertiary/aromatic N) is 1. The maximum atomic E-state index is 12.1. The van der Waals surface area contributed by atoms with E-state index in [-0.39, 0.29) is 11.9 Å². The Kier molecular flexibility index (Phi) is 4.93. The molecule has 0 saturated heterocycles. The second-order valence-corrected chi connectivity index (χ2v) is 5.41. The molecule has 0 aromatic heterocycles. The largest absolute Gasteiger partial charge is 0.329 e. The predicted molar refractivity (Wildman–Crippen MR) is 82.7 cm³/mol. The molecule has 1 atom stereocenters. The molecule has 1 aromatic rings. The molecule has 1 unspecified atom stereocenters. The molecular formula is C16H23N3O. The Bertz CT molecular complexity index is 490. The van der Waals surface area contributed by atoms with Crippen molar-refractivity contribution < 1.29 is 4.79 Å². The second-order valence-electron chi connectivity index (χ2n) is 5.41. The van der Waals surface area contributed by atoms with E-state index in [1.54, 1.807) is 0 Å². The van der Waals surface area contributed by atoms with Gasteiger partial charge in [-0.3, -0.25) is 9.69 Å². The lowest BCUT2D eigenvalue weighted by atomic mass is 10.1. The predicted octanol–water partition coefficient (Wildman–Crippen LogP) is 1.83. The molecule has 0 bridgehead atoms. The highest BCUT2D eigenvalue weighted by Crippen LogP contribution is 2.14. The first-order valence-corrected chi connectivity index (χ1v) is 7.07. The summed E-state index contributed by atoms with van der Waals surface area (Å²) in [5.41, 5.74) is 8.91. The zero-order chi connectivity index (χ0) is 14.5. The van der Waals surface area contributed by atoms with E-state index in [2.05, 4.69) is 28.4 Å². The van der Waals surface area contributed by atoms with Crippen LogP contribution in [0.3, 0.4) is 0 Å². The van der Waals surface area contributed by atoms with Gasteiger partial charge in [-0.1, -0.05) is 18.2 Å². The molecular weight excluding hydrogens is 250 g/mol. The van der Waals surface area contributed by atoms with E-state index in [4.69, 9.17) is 5.73 Å². The number of carbonyl (C=O) groups is 1.